The number of likely N-dealkylation sites (tertiary alicyclic amines) is 1. The van der Waals surface area contributed by atoms with Crippen LogP contribution >= 0.6 is 0 Å². The highest BCUT2D eigenvalue weighted by Gasteiger charge is 2.37. The van der Waals surface area contributed by atoms with Crippen LogP contribution in [-0.4, -0.2) is 60.5 Å². The van der Waals surface area contributed by atoms with Gasteiger partial charge in [0.2, 0.25) is 0 Å². The molecule has 1 rings (SSSR count). The van der Waals surface area contributed by atoms with E-state index in [1.54, 1.807) is 6.92 Å². The molecule has 0 spiro atoms. The summed E-state index contributed by atoms with van der Waals surface area (Å²) in [6, 6.07) is -0.478. The topological polar surface area (TPSA) is 59.0 Å². The number of hydrogen-bond donors (Lipinski definition) is 1. The minimum atomic E-state index is -0.799. The molecule has 0 unspecified atom stereocenters. The lowest BCUT2D eigenvalue weighted by Crippen LogP contribution is -2.38. The molecule has 0 bridgehead atoms. The summed E-state index contributed by atoms with van der Waals surface area (Å²) in [6.07, 6.45) is -0.0153. The molecule has 1 aliphatic heterocycles. The molecular formula is C11H21NO4. The van der Waals surface area contributed by atoms with E-state index < -0.39 is 12.0 Å². The van der Waals surface area contributed by atoms with Gasteiger partial charge in [-0.15, -0.1) is 0 Å². The summed E-state index contributed by atoms with van der Waals surface area (Å²) < 4.78 is 11.1. The second-order valence-electron chi connectivity index (χ2n) is 3.96. The van der Waals surface area contributed by atoms with Gasteiger partial charge in [0.05, 0.1) is 12.2 Å². The highest BCUT2D eigenvalue weighted by molar-refractivity contribution is 5.72. The van der Waals surface area contributed by atoms with Crippen LogP contribution in [0.25, 0.3) is 0 Å². The largest absolute Gasteiger partial charge is 0.480 e. The lowest BCUT2D eigenvalue weighted by molar-refractivity contribution is -0.142. The standard InChI is InChI=1S/C11H21NO4/c1-4-15-9-6-12(8(3)11(13)14)7-10(9)16-5-2/h8-10H,4-7H2,1-3H3,(H,13,14)/t8-,9+,10+/m0/s1. The smallest absolute Gasteiger partial charge is 0.320 e. The van der Waals surface area contributed by atoms with Crippen LogP contribution in [0, 0.1) is 0 Å². The normalized spacial score (nSPS) is 28.2. The van der Waals surface area contributed by atoms with Crippen molar-refractivity contribution in [2.45, 2.75) is 39.0 Å². The molecule has 16 heavy (non-hydrogen) atoms. The molecule has 1 heterocycles. The monoisotopic (exact) mass is 231 g/mol. The fraction of sp³-hybridized carbons (Fsp3) is 0.909. The fourth-order valence-corrected chi connectivity index (χ4v) is 1.99. The van der Waals surface area contributed by atoms with Crippen LogP contribution in [0.2, 0.25) is 0 Å². The Morgan fingerprint density at radius 1 is 1.31 bits per heavy atom. The quantitative estimate of drug-likeness (QED) is 0.725. The third kappa shape index (κ3) is 3.17. The zero-order chi connectivity index (χ0) is 12.1. The molecule has 0 aromatic heterocycles. The molecule has 0 radical (unpaired) electrons. The molecule has 0 aromatic rings. The van der Waals surface area contributed by atoms with Gasteiger partial charge in [-0.05, 0) is 20.8 Å². The van der Waals surface area contributed by atoms with Gasteiger partial charge in [0.15, 0.2) is 0 Å². The van der Waals surface area contributed by atoms with Crippen molar-refractivity contribution in [3.05, 3.63) is 0 Å². The van der Waals surface area contributed by atoms with Gasteiger partial charge in [-0.3, -0.25) is 9.69 Å². The van der Waals surface area contributed by atoms with Gasteiger partial charge in [-0.1, -0.05) is 0 Å². The Hall–Kier alpha value is -0.650. The van der Waals surface area contributed by atoms with Gasteiger partial charge in [0.1, 0.15) is 6.04 Å². The number of carboxylic acids is 1. The van der Waals surface area contributed by atoms with Crippen molar-refractivity contribution >= 4 is 5.97 Å². The third-order valence-electron chi connectivity index (χ3n) is 2.91. The summed E-state index contributed by atoms with van der Waals surface area (Å²) in [4.78, 5) is 12.8. The Morgan fingerprint density at radius 2 is 1.75 bits per heavy atom. The zero-order valence-electron chi connectivity index (χ0n) is 10.2. The van der Waals surface area contributed by atoms with Crippen LogP contribution in [0.1, 0.15) is 20.8 Å². The number of nitrogens with zero attached hydrogens (tertiary/aromatic N) is 1. The van der Waals surface area contributed by atoms with Crippen LogP contribution in [0.15, 0.2) is 0 Å². The van der Waals surface area contributed by atoms with Gasteiger partial charge in [-0.2, -0.15) is 0 Å². The maximum absolute atomic E-state index is 10.9. The molecule has 0 amide bonds. The van der Waals surface area contributed by atoms with Gasteiger partial charge in [0.25, 0.3) is 0 Å². The SMILES string of the molecule is CCO[C@@H]1CN([C@@H](C)C(=O)O)C[C@H]1OCC. The lowest BCUT2D eigenvalue weighted by atomic mass is 10.2. The van der Waals surface area contributed by atoms with Crippen molar-refractivity contribution in [1.29, 1.82) is 0 Å². The molecule has 3 atom stereocenters. The minimum absolute atomic E-state index is 0.00764. The van der Waals surface area contributed by atoms with Gasteiger partial charge in [-0.25, -0.2) is 0 Å². The number of carboxylic acid groups (broad SMARTS) is 1. The summed E-state index contributed by atoms with van der Waals surface area (Å²) in [6.45, 7) is 8.09. The summed E-state index contributed by atoms with van der Waals surface area (Å²) in [5.41, 5.74) is 0. The highest BCUT2D eigenvalue weighted by atomic mass is 16.5. The van der Waals surface area contributed by atoms with E-state index in [-0.39, 0.29) is 12.2 Å². The number of ether oxygens (including phenoxy) is 2. The zero-order valence-corrected chi connectivity index (χ0v) is 10.2. The van der Waals surface area contributed by atoms with Crippen LogP contribution in [0.5, 0.6) is 0 Å². The summed E-state index contributed by atoms with van der Waals surface area (Å²) in [5, 5.41) is 8.95. The van der Waals surface area contributed by atoms with Crippen molar-refractivity contribution < 1.29 is 19.4 Å². The van der Waals surface area contributed by atoms with Crippen molar-refractivity contribution in [3.8, 4) is 0 Å². The Kier molecular flexibility index (Phi) is 5.18. The lowest BCUT2D eigenvalue weighted by Gasteiger charge is -2.19. The molecule has 5 heteroatoms. The fourth-order valence-electron chi connectivity index (χ4n) is 1.99. The maximum atomic E-state index is 10.9. The van der Waals surface area contributed by atoms with Crippen molar-refractivity contribution in [3.63, 3.8) is 0 Å². The molecule has 0 aromatic carbocycles. The number of aliphatic carboxylic acids is 1. The number of carbonyl (C=O) groups is 1. The Labute approximate surface area is 96.3 Å². The van der Waals surface area contributed by atoms with E-state index in [0.717, 1.165) is 0 Å². The predicted octanol–water partition coefficient (Wildman–Crippen LogP) is 0.585. The first-order valence-corrected chi connectivity index (χ1v) is 5.80. The average Bonchev–Trinajstić information content (AvgIpc) is 2.62. The Balaban J connectivity index is 2.56. The van der Waals surface area contributed by atoms with Crippen molar-refractivity contribution in [2.75, 3.05) is 26.3 Å². The first-order chi connectivity index (χ1) is 7.60. The van der Waals surface area contributed by atoms with Crippen molar-refractivity contribution in [2.24, 2.45) is 0 Å². The number of rotatable bonds is 6. The molecule has 0 saturated carbocycles. The third-order valence-corrected chi connectivity index (χ3v) is 2.91. The van der Waals surface area contributed by atoms with E-state index in [9.17, 15) is 4.79 Å². The maximum Gasteiger partial charge on any atom is 0.320 e. The molecule has 1 saturated heterocycles. The van der Waals surface area contributed by atoms with E-state index in [1.165, 1.54) is 0 Å². The van der Waals surface area contributed by atoms with E-state index >= 15 is 0 Å². The van der Waals surface area contributed by atoms with Gasteiger partial charge >= 0.3 is 5.97 Å². The first-order valence-electron chi connectivity index (χ1n) is 5.80. The van der Waals surface area contributed by atoms with Gasteiger partial charge < -0.3 is 14.6 Å². The van der Waals surface area contributed by atoms with E-state index in [2.05, 4.69) is 0 Å². The predicted molar refractivity (Wildman–Crippen MR) is 59.5 cm³/mol. The summed E-state index contributed by atoms with van der Waals surface area (Å²) in [7, 11) is 0. The highest BCUT2D eigenvalue weighted by Crippen LogP contribution is 2.19. The minimum Gasteiger partial charge on any atom is -0.480 e. The molecule has 1 aliphatic rings. The van der Waals surface area contributed by atoms with Crippen LogP contribution < -0.4 is 0 Å². The van der Waals surface area contributed by atoms with E-state index in [0.29, 0.717) is 26.3 Å². The molecule has 0 aliphatic carbocycles. The summed E-state index contributed by atoms with van der Waals surface area (Å²) >= 11 is 0. The molecule has 1 fully saturated rings. The van der Waals surface area contributed by atoms with Crippen molar-refractivity contribution in [1.82, 2.24) is 4.90 Å². The van der Waals surface area contributed by atoms with Crippen LogP contribution in [0.4, 0.5) is 0 Å². The second kappa shape index (κ2) is 6.18. The average molecular weight is 231 g/mol. The molecule has 94 valence electrons. The first kappa shape index (κ1) is 13.4. The second-order valence-corrected chi connectivity index (χ2v) is 3.96. The molecule has 5 nitrogen and oxygen atoms in total. The molecule has 1 N–H and O–H groups in total. The summed E-state index contributed by atoms with van der Waals surface area (Å²) in [5.74, 6) is -0.799. The van der Waals surface area contributed by atoms with E-state index in [4.69, 9.17) is 14.6 Å². The number of hydrogen-bond acceptors (Lipinski definition) is 4. The molecular weight excluding hydrogens is 210 g/mol. The van der Waals surface area contributed by atoms with Gasteiger partial charge in [0, 0.05) is 26.3 Å². The van der Waals surface area contributed by atoms with E-state index in [1.807, 2.05) is 18.7 Å². The van der Waals surface area contributed by atoms with Crippen LogP contribution in [-0.2, 0) is 14.3 Å². The Bertz CT molecular complexity index is 220. The Morgan fingerprint density at radius 3 is 2.06 bits per heavy atom. The van der Waals surface area contributed by atoms with Crippen LogP contribution in [0.3, 0.4) is 0 Å².